The largest absolute Gasteiger partial charge is 0.459 e. The maximum absolute atomic E-state index is 11.6. The molecule has 0 bridgehead atoms. The van der Waals surface area contributed by atoms with Crippen LogP contribution in [-0.4, -0.2) is 26.1 Å². The van der Waals surface area contributed by atoms with Crippen molar-refractivity contribution in [2.45, 2.75) is 19.9 Å². The molecule has 0 radical (unpaired) electrons. The van der Waals surface area contributed by atoms with E-state index in [-0.39, 0.29) is 11.7 Å². The number of carbonyl (C=O) groups excluding carboxylic acids is 1. The molecular formula is C9H11N5O2. The van der Waals surface area contributed by atoms with Crippen molar-refractivity contribution in [2.75, 3.05) is 5.32 Å². The molecule has 7 nitrogen and oxygen atoms in total. The quantitative estimate of drug-likeness (QED) is 0.829. The molecule has 0 atom stereocenters. The van der Waals surface area contributed by atoms with Crippen molar-refractivity contribution in [2.24, 2.45) is 0 Å². The van der Waals surface area contributed by atoms with Crippen LogP contribution < -0.4 is 5.32 Å². The van der Waals surface area contributed by atoms with E-state index in [0.29, 0.717) is 12.5 Å². The molecule has 2 heterocycles. The van der Waals surface area contributed by atoms with Gasteiger partial charge < -0.3 is 4.42 Å². The minimum atomic E-state index is -0.364. The number of anilines is 1. The van der Waals surface area contributed by atoms with Gasteiger partial charge in [0, 0.05) is 6.54 Å². The molecule has 7 heteroatoms. The summed E-state index contributed by atoms with van der Waals surface area (Å²) in [6.07, 6.45) is 2.32. The molecule has 0 saturated heterocycles. The second kappa shape index (κ2) is 4.56. The number of nitrogens with one attached hydrogen (secondary N) is 1. The van der Waals surface area contributed by atoms with Crippen molar-refractivity contribution in [1.29, 1.82) is 0 Å². The van der Waals surface area contributed by atoms with Crippen molar-refractivity contribution in [3.8, 4) is 0 Å². The van der Waals surface area contributed by atoms with E-state index in [1.54, 1.807) is 12.1 Å². The Bertz CT molecular complexity index is 462. The fraction of sp³-hybridized carbons (Fsp3) is 0.333. The summed E-state index contributed by atoms with van der Waals surface area (Å²) in [6.45, 7) is 2.65. The average Bonchev–Trinajstić information content (AvgIpc) is 2.90. The number of aryl methyl sites for hydroxylation is 1. The summed E-state index contributed by atoms with van der Waals surface area (Å²) in [5.41, 5.74) is 0. The lowest BCUT2D eigenvalue weighted by atomic mass is 10.4. The molecule has 2 aromatic heterocycles. The molecular weight excluding hydrogens is 210 g/mol. The summed E-state index contributed by atoms with van der Waals surface area (Å²) in [5.74, 6) is 0.187. The highest BCUT2D eigenvalue weighted by molar-refractivity contribution is 6.01. The van der Waals surface area contributed by atoms with Crippen LogP contribution in [0.5, 0.6) is 0 Å². The number of carbonyl (C=O) groups is 1. The van der Waals surface area contributed by atoms with Gasteiger partial charge in [-0.05, 0) is 29.0 Å². The Kier molecular flexibility index (Phi) is 2.95. The Morgan fingerprint density at radius 1 is 1.62 bits per heavy atom. The Hall–Kier alpha value is -2.18. The summed E-state index contributed by atoms with van der Waals surface area (Å²) >= 11 is 0. The van der Waals surface area contributed by atoms with Crippen molar-refractivity contribution in [3.05, 3.63) is 24.2 Å². The number of amides is 1. The zero-order chi connectivity index (χ0) is 11.4. The summed E-state index contributed by atoms with van der Waals surface area (Å²) < 4.78 is 6.48. The lowest BCUT2D eigenvalue weighted by molar-refractivity contribution is 0.0995. The van der Waals surface area contributed by atoms with Crippen LogP contribution in [0.2, 0.25) is 0 Å². The summed E-state index contributed by atoms with van der Waals surface area (Å²) in [6, 6.07) is 3.22. The number of nitrogens with zero attached hydrogens (tertiary/aromatic N) is 4. The smallest absolute Gasteiger partial charge is 0.293 e. The third-order valence-electron chi connectivity index (χ3n) is 1.94. The fourth-order valence-corrected chi connectivity index (χ4v) is 1.23. The van der Waals surface area contributed by atoms with E-state index >= 15 is 0 Å². The second-order valence-corrected chi connectivity index (χ2v) is 3.16. The molecule has 1 amide bonds. The van der Waals surface area contributed by atoms with Gasteiger partial charge >= 0.3 is 0 Å². The molecule has 0 unspecified atom stereocenters. The Labute approximate surface area is 91.4 Å². The van der Waals surface area contributed by atoms with Crippen LogP contribution in [0.25, 0.3) is 0 Å². The topological polar surface area (TPSA) is 85.8 Å². The minimum Gasteiger partial charge on any atom is -0.459 e. The normalized spacial score (nSPS) is 10.3. The highest BCUT2D eigenvalue weighted by atomic mass is 16.3. The van der Waals surface area contributed by atoms with Gasteiger partial charge in [0.05, 0.1) is 6.26 Å². The molecule has 0 spiro atoms. The van der Waals surface area contributed by atoms with Crippen molar-refractivity contribution in [1.82, 2.24) is 20.2 Å². The summed E-state index contributed by atoms with van der Waals surface area (Å²) in [5, 5.41) is 13.5. The number of tetrazole rings is 1. The van der Waals surface area contributed by atoms with Gasteiger partial charge in [-0.1, -0.05) is 12.0 Å². The standard InChI is InChI=1S/C9H11N5O2/c1-2-5-14-9(11-12-13-14)10-8(15)7-4-3-6-16-7/h3-4,6H,2,5H2,1H3,(H,10,11,13,15). The van der Waals surface area contributed by atoms with E-state index in [1.807, 2.05) is 6.92 Å². The molecule has 2 aromatic rings. The zero-order valence-electron chi connectivity index (χ0n) is 8.75. The van der Waals surface area contributed by atoms with Gasteiger partial charge in [-0.25, -0.2) is 4.68 Å². The highest BCUT2D eigenvalue weighted by Crippen LogP contribution is 2.05. The number of hydrogen-bond donors (Lipinski definition) is 1. The van der Waals surface area contributed by atoms with E-state index < -0.39 is 0 Å². The summed E-state index contributed by atoms with van der Waals surface area (Å²) in [4.78, 5) is 11.6. The van der Waals surface area contributed by atoms with Crippen LogP contribution in [-0.2, 0) is 6.54 Å². The van der Waals surface area contributed by atoms with E-state index in [4.69, 9.17) is 4.42 Å². The zero-order valence-corrected chi connectivity index (χ0v) is 8.75. The van der Waals surface area contributed by atoms with Crippen LogP contribution in [0.3, 0.4) is 0 Å². The van der Waals surface area contributed by atoms with Gasteiger partial charge in [-0.15, -0.1) is 0 Å². The van der Waals surface area contributed by atoms with E-state index in [9.17, 15) is 4.79 Å². The average molecular weight is 221 g/mol. The maximum atomic E-state index is 11.6. The number of furan rings is 1. The van der Waals surface area contributed by atoms with Gasteiger partial charge in [0.2, 0.25) is 5.95 Å². The first-order chi connectivity index (χ1) is 7.81. The first-order valence-corrected chi connectivity index (χ1v) is 4.92. The number of aromatic nitrogens is 4. The summed E-state index contributed by atoms with van der Waals surface area (Å²) in [7, 11) is 0. The predicted molar refractivity (Wildman–Crippen MR) is 54.8 cm³/mol. The Balaban J connectivity index is 2.09. The molecule has 1 N–H and O–H groups in total. The second-order valence-electron chi connectivity index (χ2n) is 3.16. The Morgan fingerprint density at radius 2 is 2.50 bits per heavy atom. The minimum absolute atomic E-state index is 0.228. The highest BCUT2D eigenvalue weighted by Gasteiger charge is 2.13. The first kappa shape index (κ1) is 10.3. The third-order valence-corrected chi connectivity index (χ3v) is 1.94. The molecule has 0 saturated carbocycles. The molecule has 0 aliphatic heterocycles. The predicted octanol–water partition coefficient (Wildman–Crippen LogP) is 0.928. The van der Waals surface area contributed by atoms with Crippen molar-refractivity contribution >= 4 is 11.9 Å². The van der Waals surface area contributed by atoms with Gasteiger partial charge in [-0.2, -0.15) is 0 Å². The van der Waals surface area contributed by atoms with Crippen LogP contribution in [0.1, 0.15) is 23.9 Å². The van der Waals surface area contributed by atoms with Crippen LogP contribution >= 0.6 is 0 Å². The van der Waals surface area contributed by atoms with Crippen molar-refractivity contribution < 1.29 is 9.21 Å². The molecule has 2 rings (SSSR count). The van der Waals surface area contributed by atoms with Crippen LogP contribution in [0.15, 0.2) is 22.8 Å². The van der Waals surface area contributed by atoms with E-state index in [0.717, 1.165) is 6.42 Å². The number of rotatable bonds is 4. The van der Waals surface area contributed by atoms with E-state index in [2.05, 4.69) is 20.8 Å². The SMILES string of the molecule is CCCn1nnnc1NC(=O)c1ccco1. The Morgan fingerprint density at radius 3 is 3.19 bits per heavy atom. The molecule has 0 fully saturated rings. The van der Waals surface area contributed by atoms with Gasteiger partial charge in [0.15, 0.2) is 5.76 Å². The van der Waals surface area contributed by atoms with Crippen LogP contribution in [0.4, 0.5) is 5.95 Å². The fourth-order valence-electron chi connectivity index (χ4n) is 1.23. The van der Waals surface area contributed by atoms with Gasteiger partial charge in [0.1, 0.15) is 0 Å². The maximum Gasteiger partial charge on any atom is 0.293 e. The van der Waals surface area contributed by atoms with Gasteiger partial charge in [0.25, 0.3) is 5.91 Å². The lowest BCUT2D eigenvalue weighted by Crippen LogP contribution is -2.16. The molecule has 0 aliphatic carbocycles. The van der Waals surface area contributed by atoms with Crippen LogP contribution in [0, 0.1) is 0 Å². The molecule has 0 aliphatic rings. The monoisotopic (exact) mass is 221 g/mol. The third kappa shape index (κ3) is 2.08. The molecule has 84 valence electrons. The lowest BCUT2D eigenvalue weighted by Gasteiger charge is -2.02. The molecule has 0 aromatic carbocycles. The first-order valence-electron chi connectivity index (χ1n) is 4.92. The van der Waals surface area contributed by atoms with E-state index in [1.165, 1.54) is 10.9 Å². The molecule has 16 heavy (non-hydrogen) atoms. The van der Waals surface area contributed by atoms with Gasteiger partial charge in [-0.3, -0.25) is 10.1 Å². The number of hydrogen-bond acceptors (Lipinski definition) is 5. The van der Waals surface area contributed by atoms with Crippen molar-refractivity contribution in [3.63, 3.8) is 0 Å².